The standard InChI is InChI=1S/C32H45ClN4O5S/c1-20(34)22-8-10-25(11-9-22)32(39)37-19-26(23-12-14-36(15-13-23)43(3,40)41)17-29(37)28-18-27(31(33)35-28)24-6-4-21(5-7-24)16-30(38)42-2/h4-7,20,22-23,25-26,29H,8-19,34H2,1-3H3/t20-,22?,25?,26-,29-/m0/s1. The molecule has 1 aliphatic carbocycles. The Morgan fingerprint density at radius 1 is 1.07 bits per heavy atom. The second-order valence-corrected chi connectivity index (χ2v) is 15.3. The molecule has 0 spiro atoms. The smallest absolute Gasteiger partial charge is 0.309 e. The number of piperidine rings is 1. The fourth-order valence-corrected chi connectivity index (χ4v) is 8.70. The van der Waals surface area contributed by atoms with Crippen LogP contribution in [0.5, 0.6) is 0 Å². The summed E-state index contributed by atoms with van der Waals surface area (Å²) >= 11 is 6.74. The molecule has 5 rings (SSSR count). The van der Waals surface area contributed by atoms with Gasteiger partial charge in [-0.3, -0.25) is 9.59 Å². The Bertz CT molecular complexity index is 1360. The van der Waals surface area contributed by atoms with E-state index in [0.29, 0.717) is 49.0 Å². The van der Waals surface area contributed by atoms with Crippen molar-refractivity contribution in [2.75, 3.05) is 33.0 Å². The van der Waals surface area contributed by atoms with E-state index >= 15 is 0 Å². The third-order valence-electron chi connectivity index (χ3n) is 10.2. The van der Waals surface area contributed by atoms with Gasteiger partial charge in [0.1, 0.15) is 5.16 Å². The number of nitrogens with zero attached hydrogens (tertiary/aromatic N) is 3. The number of esters is 1. The molecule has 2 saturated heterocycles. The molecule has 2 N–H and O–H groups in total. The Balaban J connectivity index is 1.31. The van der Waals surface area contributed by atoms with Gasteiger partial charge >= 0.3 is 5.97 Å². The number of ether oxygens (including phenoxy) is 1. The number of hydrogen-bond acceptors (Lipinski definition) is 7. The van der Waals surface area contributed by atoms with Gasteiger partial charge in [0.05, 0.1) is 25.8 Å². The molecule has 236 valence electrons. The van der Waals surface area contributed by atoms with Crippen molar-refractivity contribution in [1.82, 2.24) is 9.21 Å². The number of nitrogens with two attached hydrogens (primary N) is 1. The molecule has 43 heavy (non-hydrogen) atoms. The highest BCUT2D eigenvalue weighted by molar-refractivity contribution is 7.88. The summed E-state index contributed by atoms with van der Waals surface area (Å²) in [4.78, 5) is 32.7. The van der Waals surface area contributed by atoms with Crippen LogP contribution in [0.25, 0.3) is 5.57 Å². The molecular weight excluding hydrogens is 588 g/mol. The van der Waals surface area contributed by atoms with Crippen LogP contribution in [0, 0.1) is 23.7 Å². The van der Waals surface area contributed by atoms with Gasteiger partial charge in [-0.15, -0.1) is 0 Å². The molecular formula is C32H45ClN4O5S. The van der Waals surface area contributed by atoms with Gasteiger partial charge in [-0.25, -0.2) is 17.7 Å². The Labute approximate surface area is 260 Å². The maximum absolute atomic E-state index is 14.1. The number of likely N-dealkylation sites (tertiary alicyclic amines) is 1. The van der Waals surface area contributed by atoms with Crippen molar-refractivity contribution < 1.29 is 22.7 Å². The van der Waals surface area contributed by atoms with E-state index in [1.807, 2.05) is 24.3 Å². The normalized spacial score (nSPS) is 28.2. The number of allylic oxidation sites excluding steroid dienone is 1. The first-order valence-electron chi connectivity index (χ1n) is 15.6. The van der Waals surface area contributed by atoms with E-state index in [-0.39, 0.29) is 36.3 Å². The molecule has 11 heteroatoms. The van der Waals surface area contributed by atoms with E-state index in [1.165, 1.54) is 13.4 Å². The lowest BCUT2D eigenvalue weighted by molar-refractivity contribution is -0.140. The van der Waals surface area contributed by atoms with Crippen LogP contribution < -0.4 is 5.73 Å². The van der Waals surface area contributed by atoms with Crippen LogP contribution in [0.2, 0.25) is 0 Å². The van der Waals surface area contributed by atoms with E-state index in [2.05, 4.69) is 11.8 Å². The third kappa shape index (κ3) is 7.35. The summed E-state index contributed by atoms with van der Waals surface area (Å²) in [6.45, 7) is 3.80. The molecule has 3 heterocycles. The Hall–Kier alpha value is -2.27. The maximum atomic E-state index is 14.1. The number of carbonyl (C=O) groups is 2. The van der Waals surface area contributed by atoms with Gasteiger partial charge in [0.15, 0.2) is 0 Å². The van der Waals surface area contributed by atoms with Gasteiger partial charge in [0.2, 0.25) is 15.9 Å². The molecule has 1 saturated carbocycles. The first-order chi connectivity index (χ1) is 20.4. The maximum Gasteiger partial charge on any atom is 0.309 e. The van der Waals surface area contributed by atoms with Crippen LogP contribution in [0.3, 0.4) is 0 Å². The van der Waals surface area contributed by atoms with Gasteiger partial charge in [-0.2, -0.15) is 0 Å². The second kappa shape index (κ2) is 13.4. The molecule has 1 amide bonds. The predicted molar refractivity (Wildman–Crippen MR) is 169 cm³/mol. The van der Waals surface area contributed by atoms with Crippen LogP contribution in [-0.4, -0.2) is 80.3 Å². The highest BCUT2D eigenvalue weighted by Crippen LogP contribution is 2.42. The Morgan fingerprint density at radius 3 is 2.30 bits per heavy atom. The summed E-state index contributed by atoms with van der Waals surface area (Å²) in [5, 5.41) is 0.450. The summed E-state index contributed by atoms with van der Waals surface area (Å²) in [7, 11) is -1.82. The molecule has 3 atom stereocenters. The van der Waals surface area contributed by atoms with Crippen molar-refractivity contribution in [2.24, 2.45) is 34.4 Å². The third-order valence-corrected chi connectivity index (χ3v) is 11.8. The van der Waals surface area contributed by atoms with Crippen molar-refractivity contribution in [1.29, 1.82) is 0 Å². The van der Waals surface area contributed by atoms with E-state index in [9.17, 15) is 18.0 Å². The number of hydrogen-bond donors (Lipinski definition) is 1. The number of rotatable bonds is 8. The van der Waals surface area contributed by atoms with Crippen LogP contribution in [0.1, 0.15) is 69.4 Å². The van der Waals surface area contributed by atoms with E-state index in [0.717, 1.165) is 67.4 Å². The number of aliphatic imine (C=N–C) groups is 1. The van der Waals surface area contributed by atoms with Crippen molar-refractivity contribution >= 4 is 44.8 Å². The summed E-state index contributed by atoms with van der Waals surface area (Å²) in [5.41, 5.74) is 9.84. The van der Waals surface area contributed by atoms with Crippen molar-refractivity contribution in [3.63, 3.8) is 0 Å². The van der Waals surface area contributed by atoms with Crippen LogP contribution in [-0.2, 0) is 30.8 Å². The lowest BCUT2D eigenvalue weighted by Gasteiger charge is -2.35. The summed E-state index contributed by atoms with van der Waals surface area (Å²) in [6.07, 6.45) is 8.16. The van der Waals surface area contributed by atoms with E-state index in [1.54, 1.807) is 4.31 Å². The first kappa shape index (κ1) is 32.1. The number of sulfonamides is 1. The highest BCUT2D eigenvalue weighted by Gasteiger charge is 2.45. The molecule has 3 fully saturated rings. The molecule has 3 aliphatic heterocycles. The van der Waals surface area contributed by atoms with Gasteiger partial charge in [-0.05, 0) is 80.8 Å². The van der Waals surface area contributed by atoms with Crippen molar-refractivity contribution in [2.45, 2.75) is 76.8 Å². The fraction of sp³-hybridized carbons (Fsp3) is 0.656. The Kier molecular flexibility index (Phi) is 10.0. The highest BCUT2D eigenvalue weighted by atomic mass is 35.5. The average molecular weight is 633 g/mol. The number of methoxy groups -OCH3 is 1. The molecule has 0 bridgehead atoms. The average Bonchev–Trinajstić information content (AvgIpc) is 3.61. The monoisotopic (exact) mass is 632 g/mol. The van der Waals surface area contributed by atoms with Crippen LogP contribution in [0.15, 0.2) is 34.4 Å². The fourth-order valence-electron chi connectivity index (χ4n) is 7.54. The molecule has 4 aliphatic rings. The summed E-state index contributed by atoms with van der Waals surface area (Å²) in [5.74, 6) is 1.04. The van der Waals surface area contributed by atoms with E-state index in [4.69, 9.17) is 27.1 Å². The minimum Gasteiger partial charge on any atom is -0.469 e. The van der Waals surface area contributed by atoms with Gasteiger partial charge in [0, 0.05) is 49.3 Å². The summed E-state index contributed by atoms with van der Waals surface area (Å²) < 4.78 is 30.5. The van der Waals surface area contributed by atoms with Gasteiger partial charge in [0.25, 0.3) is 0 Å². The van der Waals surface area contributed by atoms with Crippen LogP contribution >= 0.6 is 11.6 Å². The van der Waals surface area contributed by atoms with Crippen LogP contribution in [0.4, 0.5) is 0 Å². The topological polar surface area (TPSA) is 122 Å². The van der Waals surface area contributed by atoms with Gasteiger partial charge < -0.3 is 15.4 Å². The molecule has 0 aromatic heterocycles. The Morgan fingerprint density at radius 2 is 1.72 bits per heavy atom. The minimum absolute atomic E-state index is 0.00408. The van der Waals surface area contributed by atoms with E-state index < -0.39 is 10.0 Å². The zero-order chi connectivity index (χ0) is 30.9. The summed E-state index contributed by atoms with van der Waals surface area (Å²) in [6, 6.07) is 7.75. The molecule has 0 unspecified atom stereocenters. The predicted octanol–water partition coefficient (Wildman–Crippen LogP) is 4.20. The first-order valence-corrected chi connectivity index (χ1v) is 17.8. The number of halogens is 1. The zero-order valence-electron chi connectivity index (χ0n) is 25.5. The molecule has 9 nitrogen and oxygen atoms in total. The quantitative estimate of drug-likeness (QED) is 0.339. The molecule has 1 aromatic rings. The lowest BCUT2D eigenvalue weighted by Crippen LogP contribution is -2.45. The number of benzene rings is 1. The number of amides is 1. The van der Waals surface area contributed by atoms with Crippen molar-refractivity contribution in [3.8, 4) is 0 Å². The second-order valence-electron chi connectivity index (χ2n) is 13.0. The largest absolute Gasteiger partial charge is 0.469 e. The zero-order valence-corrected chi connectivity index (χ0v) is 27.1. The lowest BCUT2D eigenvalue weighted by atomic mass is 9.78. The molecule has 0 radical (unpaired) electrons. The SMILES string of the molecule is COC(=O)Cc1ccc(C2=C(Cl)N=C([C@@H]3C[C@H](C4CCN(S(C)(=O)=O)CC4)CN3C(=O)C3CCC([C@H](C)N)CC3)C2)cc1. The molecule has 1 aromatic carbocycles. The van der Waals surface area contributed by atoms with Crippen molar-refractivity contribution in [3.05, 3.63) is 40.5 Å². The minimum atomic E-state index is -3.20. The number of carbonyl (C=O) groups excluding carboxylic acids is 2. The van der Waals surface area contributed by atoms with Gasteiger partial charge in [-0.1, -0.05) is 35.9 Å².